The summed E-state index contributed by atoms with van der Waals surface area (Å²) < 4.78 is 5.45. The molecule has 0 saturated heterocycles. The van der Waals surface area contributed by atoms with Crippen LogP contribution in [0.25, 0.3) is 11.3 Å². The lowest BCUT2D eigenvalue weighted by molar-refractivity contribution is 0.340. The first-order valence-electron chi connectivity index (χ1n) is 7.05. The zero-order valence-electron chi connectivity index (χ0n) is 12.3. The molecule has 1 N–H and O–H groups in total. The zero-order chi connectivity index (χ0) is 14.4. The van der Waals surface area contributed by atoms with E-state index in [-0.39, 0.29) is 0 Å². The monoisotopic (exact) mass is 271 g/mol. The molecule has 4 nitrogen and oxygen atoms in total. The van der Waals surface area contributed by atoms with Crippen LogP contribution in [0.5, 0.6) is 5.75 Å². The molecule has 0 aliphatic carbocycles. The summed E-state index contributed by atoms with van der Waals surface area (Å²) >= 11 is 0. The van der Waals surface area contributed by atoms with Gasteiger partial charge in [-0.3, -0.25) is 0 Å². The summed E-state index contributed by atoms with van der Waals surface area (Å²) in [6.45, 7) is 7.62. The molecule has 0 aliphatic heterocycles. The highest BCUT2D eigenvalue weighted by atomic mass is 16.5. The van der Waals surface area contributed by atoms with Crippen LogP contribution in [0, 0.1) is 6.92 Å². The number of hydrogen-bond donors (Lipinski definition) is 1. The van der Waals surface area contributed by atoms with E-state index >= 15 is 0 Å². The Labute approximate surface area is 120 Å². The summed E-state index contributed by atoms with van der Waals surface area (Å²) in [4.78, 5) is 8.89. The van der Waals surface area contributed by atoms with E-state index in [0.29, 0.717) is 6.61 Å². The molecule has 0 atom stereocenters. The van der Waals surface area contributed by atoms with E-state index in [4.69, 9.17) is 4.74 Å². The maximum absolute atomic E-state index is 5.45. The quantitative estimate of drug-likeness (QED) is 0.870. The Morgan fingerprint density at radius 2 is 1.85 bits per heavy atom. The van der Waals surface area contributed by atoms with Crippen LogP contribution in [0.15, 0.2) is 30.3 Å². The Bertz CT molecular complexity index is 552. The number of aromatic nitrogens is 2. The molecule has 4 heteroatoms. The minimum atomic E-state index is 0.678. The van der Waals surface area contributed by atoms with E-state index in [1.807, 2.05) is 44.2 Å². The van der Waals surface area contributed by atoms with Crippen molar-refractivity contribution in [2.24, 2.45) is 0 Å². The summed E-state index contributed by atoms with van der Waals surface area (Å²) in [5, 5.41) is 3.30. The van der Waals surface area contributed by atoms with E-state index in [2.05, 4.69) is 22.2 Å². The first-order valence-corrected chi connectivity index (χ1v) is 7.05. The highest BCUT2D eigenvalue weighted by Crippen LogP contribution is 2.22. The first kappa shape index (κ1) is 14.3. The smallest absolute Gasteiger partial charge is 0.130 e. The van der Waals surface area contributed by atoms with Gasteiger partial charge in [-0.25, -0.2) is 9.97 Å². The lowest BCUT2D eigenvalue weighted by Gasteiger charge is -2.08. The van der Waals surface area contributed by atoms with Gasteiger partial charge in [-0.1, -0.05) is 6.92 Å². The molecule has 0 bridgehead atoms. The second-order valence-corrected chi connectivity index (χ2v) is 4.57. The van der Waals surface area contributed by atoms with Gasteiger partial charge in [0, 0.05) is 18.2 Å². The fourth-order valence-corrected chi connectivity index (χ4v) is 1.95. The molecule has 2 aromatic rings. The van der Waals surface area contributed by atoms with E-state index in [9.17, 15) is 0 Å². The van der Waals surface area contributed by atoms with E-state index in [0.717, 1.165) is 41.6 Å². The molecule has 1 aromatic carbocycles. The van der Waals surface area contributed by atoms with Crippen LogP contribution >= 0.6 is 0 Å². The molecule has 20 heavy (non-hydrogen) atoms. The van der Waals surface area contributed by atoms with Crippen LogP contribution in [-0.2, 0) is 0 Å². The van der Waals surface area contributed by atoms with Crippen molar-refractivity contribution in [1.29, 1.82) is 0 Å². The third-order valence-electron chi connectivity index (χ3n) is 2.86. The fourth-order valence-electron chi connectivity index (χ4n) is 1.95. The lowest BCUT2D eigenvalue weighted by Crippen LogP contribution is -2.04. The minimum absolute atomic E-state index is 0.678. The van der Waals surface area contributed by atoms with Gasteiger partial charge >= 0.3 is 0 Å². The van der Waals surface area contributed by atoms with Crippen LogP contribution in [-0.4, -0.2) is 23.1 Å². The molecule has 0 spiro atoms. The Balaban J connectivity index is 2.24. The highest BCUT2D eigenvalue weighted by molar-refractivity contribution is 5.63. The standard InChI is InChI=1S/C16H21N3O/c1-4-10-17-16-11-15(18-12(3)19-16)13-6-8-14(9-7-13)20-5-2/h6-9,11H,4-5,10H2,1-3H3,(H,17,18,19). The van der Waals surface area contributed by atoms with Gasteiger partial charge in [0.1, 0.15) is 17.4 Å². The number of ether oxygens (including phenoxy) is 1. The van der Waals surface area contributed by atoms with Gasteiger partial charge in [0.05, 0.1) is 12.3 Å². The summed E-state index contributed by atoms with van der Waals surface area (Å²) in [5.41, 5.74) is 2.00. The first-order chi connectivity index (χ1) is 9.72. The summed E-state index contributed by atoms with van der Waals surface area (Å²) in [5.74, 6) is 2.53. The Kier molecular flexibility index (Phi) is 4.93. The average molecular weight is 271 g/mol. The molecule has 0 saturated carbocycles. The van der Waals surface area contributed by atoms with Gasteiger partial charge in [0.15, 0.2) is 0 Å². The Hall–Kier alpha value is -2.10. The molecule has 0 unspecified atom stereocenters. The third-order valence-corrected chi connectivity index (χ3v) is 2.86. The molecule has 2 rings (SSSR count). The predicted octanol–water partition coefficient (Wildman–Crippen LogP) is 3.67. The van der Waals surface area contributed by atoms with Crippen LogP contribution < -0.4 is 10.1 Å². The summed E-state index contributed by atoms with van der Waals surface area (Å²) in [7, 11) is 0. The van der Waals surface area contributed by atoms with E-state index in [1.54, 1.807) is 0 Å². The topological polar surface area (TPSA) is 47.0 Å². The molecule has 1 aromatic heterocycles. The van der Waals surface area contributed by atoms with Crippen LogP contribution in [0.4, 0.5) is 5.82 Å². The molecule has 0 radical (unpaired) electrons. The third kappa shape index (κ3) is 3.70. The number of rotatable bonds is 6. The van der Waals surface area contributed by atoms with Crippen molar-refractivity contribution in [2.45, 2.75) is 27.2 Å². The number of hydrogen-bond acceptors (Lipinski definition) is 4. The van der Waals surface area contributed by atoms with Gasteiger partial charge < -0.3 is 10.1 Å². The van der Waals surface area contributed by atoms with Gasteiger partial charge in [0.2, 0.25) is 0 Å². The normalized spacial score (nSPS) is 10.3. The second kappa shape index (κ2) is 6.89. The zero-order valence-corrected chi connectivity index (χ0v) is 12.3. The van der Waals surface area contributed by atoms with Crippen molar-refractivity contribution in [3.63, 3.8) is 0 Å². The van der Waals surface area contributed by atoms with Crippen molar-refractivity contribution in [2.75, 3.05) is 18.5 Å². The minimum Gasteiger partial charge on any atom is -0.494 e. The molecule has 1 heterocycles. The number of benzene rings is 1. The van der Waals surface area contributed by atoms with Crippen LogP contribution in [0.1, 0.15) is 26.1 Å². The van der Waals surface area contributed by atoms with Crippen molar-refractivity contribution < 1.29 is 4.74 Å². The Morgan fingerprint density at radius 1 is 1.10 bits per heavy atom. The number of nitrogens with one attached hydrogen (secondary N) is 1. The highest BCUT2D eigenvalue weighted by Gasteiger charge is 2.04. The molecule has 0 fully saturated rings. The predicted molar refractivity (Wildman–Crippen MR) is 82.2 cm³/mol. The SMILES string of the molecule is CCCNc1cc(-c2ccc(OCC)cc2)nc(C)n1. The molecule has 106 valence electrons. The average Bonchev–Trinajstić information content (AvgIpc) is 2.46. The van der Waals surface area contributed by atoms with Crippen LogP contribution in [0.3, 0.4) is 0 Å². The van der Waals surface area contributed by atoms with Crippen molar-refractivity contribution in [1.82, 2.24) is 9.97 Å². The van der Waals surface area contributed by atoms with E-state index < -0.39 is 0 Å². The van der Waals surface area contributed by atoms with Crippen molar-refractivity contribution in [3.8, 4) is 17.0 Å². The summed E-state index contributed by atoms with van der Waals surface area (Å²) in [6.07, 6.45) is 1.07. The van der Waals surface area contributed by atoms with Gasteiger partial charge in [-0.15, -0.1) is 0 Å². The van der Waals surface area contributed by atoms with Crippen molar-refractivity contribution >= 4 is 5.82 Å². The molecular formula is C16H21N3O. The fraction of sp³-hybridized carbons (Fsp3) is 0.375. The van der Waals surface area contributed by atoms with E-state index in [1.165, 1.54) is 0 Å². The number of anilines is 1. The molecule has 0 amide bonds. The van der Waals surface area contributed by atoms with Gasteiger partial charge in [-0.2, -0.15) is 0 Å². The second-order valence-electron chi connectivity index (χ2n) is 4.57. The molecule has 0 aliphatic rings. The summed E-state index contributed by atoms with van der Waals surface area (Å²) in [6, 6.07) is 9.97. The van der Waals surface area contributed by atoms with Gasteiger partial charge in [-0.05, 0) is 44.5 Å². The van der Waals surface area contributed by atoms with Crippen molar-refractivity contribution in [3.05, 3.63) is 36.2 Å². The maximum atomic E-state index is 5.45. The van der Waals surface area contributed by atoms with Gasteiger partial charge in [0.25, 0.3) is 0 Å². The number of nitrogens with zero attached hydrogens (tertiary/aromatic N) is 2. The molecular weight excluding hydrogens is 250 g/mol. The number of aryl methyl sites for hydroxylation is 1. The van der Waals surface area contributed by atoms with Crippen LogP contribution in [0.2, 0.25) is 0 Å². The largest absolute Gasteiger partial charge is 0.494 e. The Morgan fingerprint density at radius 3 is 2.50 bits per heavy atom. The maximum Gasteiger partial charge on any atom is 0.130 e. The lowest BCUT2D eigenvalue weighted by atomic mass is 10.1.